The van der Waals surface area contributed by atoms with Gasteiger partial charge in [0.2, 0.25) is 0 Å². The first-order valence-electron chi connectivity index (χ1n) is 7.97. The summed E-state index contributed by atoms with van der Waals surface area (Å²) < 4.78 is 0. The van der Waals surface area contributed by atoms with E-state index in [0.717, 1.165) is 6.54 Å². The van der Waals surface area contributed by atoms with E-state index in [1.807, 2.05) is 4.82 Å². The molecule has 0 heterocycles. The van der Waals surface area contributed by atoms with Crippen molar-refractivity contribution in [2.75, 3.05) is 6.54 Å². The SMILES string of the molecule is CC[Si](CC)(CC)C(=CCN)[Si](CC)(CC)CC. The highest BCUT2D eigenvalue weighted by molar-refractivity contribution is 7.07. The van der Waals surface area contributed by atoms with Crippen LogP contribution in [-0.4, -0.2) is 22.7 Å². The molecule has 0 fully saturated rings. The Morgan fingerprint density at radius 2 is 1.00 bits per heavy atom. The summed E-state index contributed by atoms with van der Waals surface area (Å²) in [7, 11) is -2.45. The maximum atomic E-state index is 5.92. The fourth-order valence-electron chi connectivity index (χ4n) is 3.76. The predicted molar refractivity (Wildman–Crippen MR) is 91.5 cm³/mol. The predicted octanol–water partition coefficient (Wildman–Crippen LogP) is 4.97. The average Bonchev–Trinajstić information content (AvgIpc) is 2.44. The Morgan fingerprint density at radius 3 is 1.17 bits per heavy atom. The van der Waals surface area contributed by atoms with Crippen LogP contribution in [0.2, 0.25) is 36.3 Å². The van der Waals surface area contributed by atoms with E-state index in [9.17, 15) is 0 Å². The maximum Gasteiger partial charge on any atom is 0.0762 e. The first kappa shape index (κ1) is 18.1. The van der Waals surface area contributed by atoms with Crippen molar-refractivity contribution in [3.8, 4) is 0 Å². The van der Waals surface area contributed by atoms with E-state index >= 15 is 0 Å². The zero-order valence-corrected chi connectivity index (χ0v) is 15.6. The third kappa shape index (κ3) is 3.37. The Hall–Kier alpha value is 0.134. The minimum Gasteiger partial charge on any atom is -0.327 e. The van der Waals surface area contributed by atoms with Crippen molar-refractivity contribution in [3.05, 3.63) is 10.9 Å². The van der Waals surface area contributed by atoms with E-state index in [2.05, 4.69) is 47.6 Å². The molecule has 0 spiro atoms. The lowest BCUT2D eigenvalue weighted by Gasteiger charge is -2.43. The Balaban J connectivity index is 5.75. The molecule has 0 bridgehead atoms. The van der Waals surface area contributed by atoms with Gasteiger partial charge in [-0.05, 0) is 0 Å². The summed E-state index contributed by atoms with van der Waals surface area (Å²) in [6, 6.07) is 8.42. The molecule has 0 amide bonds. The number of nitrogens with two attached hydrogens (primary N) is 1. The first-order valence-corrected chi connectivity index (χ1v) is 13.2. The minimum absolute atomic E-state index is 0.749. The Morgan fingerprint density at radius 1 is 0.722 bits per heavy atom. The largest absolute Gasteiger partial charge is 0.327 e. The highest BCUT2D eigenvalue weighted by atomic mass is 28.4. The lowest BCUT2D eigenvalue weighted by Crippen LogP contribution is -2.50. The molecule has 0 aromatic carbocycles. The number of hydrogen-bond donors (Lipinski definition) is 1. The standard InChI is InChI=1S/C15H35NSi2/c1-7-17(8-2,9-3)15(13-14-16)18(10-4,11-5)12-6/h13H,7-12,14,16H2,1-6H3. The average molecular weight is 286 g/mol. The van der Waals surface area contributed by atoms with Crippen LogP contribution in [0.5, 0.6) is 0 Å². The highest BCUT2D eigenvalue weighted by Crippen LogP contribution is 2.39. The van der Waals surface area contributed by atoms with Gasteiger partial charge in [-0.3, -0.25) is 0 Å². The topological polar surface area (TPSA) is 26.0 Å². The molecule has 1 nitrogen and oxygen atoms in total. The third-order valence-electron chi connectivity index (χ3n) is 5.53. The second-order valence-corrected chi connectivity index (χ2v) is 16.5. The molecule has 0 aromatic rings. The van der Waals surface area contributed by atoms with Crippen molar-refractivity contribution in [2.24, 2.45) is 5.73 Å². The molecule has 0 saturated carbocycles. The van der Waals surface area contributed by atoms with Crippen molar-refractivity contribution in [3.63, 3.8) is 0 Å². The fraction of sp³-hybridized carbons (Fsp3) is 0.867. The van der Waals surface area contributed by atoms with Gasteiger partial charge in [0, 0.05) is 6.54 Å². The molecular weight excluding hydrogens is 250 g/mol. The van der Waals surface area contributed by atoms with Crippen LogP contribution in [0, 0.1) is 0 Å². The molecule has 2 N–H and O–H groups in total. The van der Waals surface area contributed by atoms with E-state index in [1.165, 1.54) is 36.3 Å². The highest BCUT2D eigenvalue weighted by Gasteiger charge is 2.42. The van der Waals surface area contributed by atoms with Crippen molar-refractivity contribution < 1.29 is 0 Å². The van der Waals surface area contributed by atoms with Gasteiger partial charge in [-0.15, -0.1) is 0 Å². The molecular formula is C15H35NSi2. The zero-order chi connectivity index (χ0) is 14.2. The zero-order valence-electron chi connectivity index (χ0n) is 13.6. The van der Waals surface area contributed by atoms with E-state index in [0.29, 0.717) is 0 Å². The van der Waals surface area contributed by atoms with E-state index < -0.39 is 16.1 Å². The Kier molecular flexibility index (Phi) is 8.40. The number of rotatable bonds is 9. The molecule has 0 unspecified atom stereocenters. The van der Waals surface area contributed by atoms with Crippen LogP contribution in [0.3, 0.4) is 0 Å². The molecule has 0 saturated heterocycles. The summed E-state index contributed by atoms with van der Waals surface area (Å²) in [5.74, 6) is 0. The maximum absolute atomic E-state index is 5.92. The fourth-order valence-corrected chi connectivity index (χ4v) is 17.8. The van der Waals surface area contributed by atoms with Crippen LogP contribution in [0.15, 0.2) is 10.9 Å². The molecule has 0 aliphatic heterocycles. The second-order valence-electron chi connectivity index (χ2n) is 5.54. The quantitative estimate of drug-likeness (QED) is 0.595. The molecule has 0 aliphatic rings. The number of hydrogen-bond acceptors (Lipinski definition) is 1. The summed E-state index contributed by atoms with van der Waals surface area (Å²) in [6.07, 6.45) is 2.46. The van der Waals surface area contributed by atoms with Crippen LogP contribution in [0.4, 0.5) is 0 Å². The first-order chi connectivity index (χ1) is 8.56. The van der Waals surface area contributed by atoms with E-state index in [-0.39, 0.29) is 0 Å². The van der Waals surface area contributed by atoms with Gasteiger partial charge >= 0.3 is 0 Å². The van der Waals surface area contributed by atoms with Crippen LogP contribution in [0.25, 0.3) is 0 Å². The summed E-state index contributed by atoms with van der Waals surface area (Å²) in [6.45, 7) is 15.3. The van der Waals surface area contributed by atoms with Crippen molar-refractivity contribution in [2.45, 2.75) is 77.8 Å². The molecule has 0 rings (SSSR count). The van der Waals surface area contributed by atoms with Crippen LogP contribution < -0.4 is 5.73 Å². The van der Waals surface area contributed by atoms with Gasteiger partial charge in [0.25, 0.3) is 0 Å². The van der Waals surface area contributed by atoms with Gasteiger partial charge in [-0.1, -0.05) is 88.7 Å². The monoisotopic (exact) mass is 285 g/mol. The molecule has 3 heteroatoms. The summed E-state index contributed by atoms with van der Waals surface area (Å²) in [4.78, 5) is 1.93. The molecule has 0 atom stereocenters. The molecule has 108 valence electrons. The molecule has 0 aromatic heterocycles. The lowest BCUT2D eigenvalue weighted by molar-refractivity contribution is 1.13. The van der Waals surface area contributed by atoms with E-state index in [4.69, 9.17) is 5.73 Å². The Bertz CT molecular complexity index is 215. The van der Waals surface area contributed by atoms with Gasteiger partial charge in [0.05, 0.1) is 16.1 Å². The molecule has 0 radical (unpaired) electrons. The van der Waals surface area contributed by atoms with Crippen LogP contribution >= 0.6 is 0 Å². The molecule has 18 heavy (non-hydrogen) atoms. The van der Waals surface area contributed by atoms with Crippen molar-refractivity contribution in [1.82, 2.24) is 0 Å². The van der Waals surface area contributed by atoms with Crippen LogP contribution in [-0.2, 0) is 0 Å². The smallest absolute Gasteiger partial charge is 0.0762 e. The van der Waals surface area contributed by atoms with Gasteiger partial charge in [-0.2, -0.15) is 0 Å². The normalized spacial score (nSPS) is 12.6. The minimum atomic E-state index is -1.22. The summed E-state index contributed by atoms with van der Waals surface area (Å²) in [5, 5.41) is 0. The van der Waals surface area contributed by atoms with Gasteiger partial charge < -0.3 is 5.73 Å². The Labute approximate surface area is 117 Å². The van der Waals surface area contributed by atoms with Gasteiger partial charge in [0.1, 0.15) is 0 Å². The van der Waals surface area contributed by atoms with Crippen molar-refractivity contribution in [1.29, 1.82) is 0 Å². The third-order valence-corrected chi connectivity index (χ3v) is 19.5. The molecule has 0 aliphatic carbocycles. The van der Waals surface area contributed by atoms with Gasteiger partial charge in [-0.25, -0.2) is 0 Å². The van der Waals surface area contributed by atoms with Gasteiger partial charge in [0.15, 0.2) is 0 Å². The van der Waals surface area contributed by atoms with E-state index in [1.54, 1.807) is 0 Å². The lowest BCUT2D eigenvalue weighted by atomic mass is 10.7. The van der Waals surface area contributed by atoms with Crippen LogP contribution in [0.1, 0.15) is 41.5 Å². The summed E-state index contributed by atoms with van der Waals surface area (Å²) >= 11 is 0. The second kappa shape index (κ2) is 8.33. The summed E-state index contributed by atoms with van der Waals surface area (Å²) in [5.41, 5.74) is 5.92. The van der Waals surface area contributed by atoms with Crippen molar-refractivity contribution >= 4 is 16.1 Å².